The van der Waals surface area contributed by atoms with Crippen molar-refractivity contribution < 1.29 is 29.0 Å². The van der Waals surface area contributed by atoms with E-state index in [-0.39, 0.29) is 6.42 Å². The average molecular weight is 385 g/mol. The number of nitrogens with zero attached hydrogens (tertiary/aromatic N) is 2. The summed E-state index contributed by atoms with van der Waals surface area (Å²) in [4.78, 5) is 33.6. The maximum absolute atomic E-state index is 12.8. The molecule has 2 N–H and O–H groups in total. The van der Waals surface area contributed by atoms with Gasteiger partial charge in [0.25, 0.3) is 5.91 Å². The minimum atomic E-state index is -1.67. The van der Waals surface area contributed by atoms with Crippen LogP contribution in [0.2, 0.25) is 0 Å². The van der Waals surface area contributed by atoms with E-state index in [1.165, 1.54) is 20.4 Å². The van der Waals surface area contributed by atoms with Crippen molar-refractivity contribution in [2.24, 2.45) is 5.16 Å². The summed E-state index contributed by atoms with van der Waals surface area (Å²) in [6, 6.07) is 10.1. The highest BCUT2D eigenvalue weighted by molar-refractivity contribution is 6.09. The van der Waals surface area contributed by atoms with Crippen molar-refractivity contribution in [1.82, 2.24) is 4.98 Å². The summed E-state index contributed by atoms with van der Waals surface area (Å²) < 4.78 is 10.5. The molecule has 3 rings (SSSR count). The number of aliphatic carboxylic acids is 1. The topological polar surface area (TPSA) is 119 Å². The first-order valence-electron chi connectivity index (χ1n) is 8.39. The molecule has 2 aromatic rings. The van der Waals surface area contributed by atoms with Gasteiger partial charge in [0.1, 0.15) is 5.82 Å². The molecule has 9 heteroatoms. The van der Waals surface area contributed by atoms with E-state index in [9.17, 15) is 14.7 Å². The van der Waals surface area contributed by atoms with Crippen LogP contribution in [0.3, 0.4) is 0 Å². The van der Waals surface area contributed by atoms with Crippen molar-refractivity contribution in [2.75, 3.05) is 19.5 Å². The Hall–Kier alpha value is -3.62. The van der Waals surface area contributed by atoms with Gasteiger partial charge in [-0.25, -0.2) is 4.98 Å². The third-order valence-electron chi connectivity index (χ3n) is 4.26. The Morgan fingerprint density at radius 3 is 2.64 bits per heavy atom. The van der Waals surface area contributed by atoms with Gasteiger partial charge in [0.15, 0.2) is 11.5 Å². The molecule has 146 valence electrons. The zero-order chi connectivity index (χ0) is 20.1. The molecule has 1 aliphatic rings. The number of methoxy groups -OCH3 is 2. The molecular formula is C19H19N3O6. The Labute approximate surface area is 160 Å². The molecule has 1 aromatic carbocycles. The number of carbonyl (C=O) groups excluding carboxylic acids is 1. The highest BCUT2D eigenvalue weighted by Gasteiger charge is 2.49. The monoisotopic (exact) mass is 385 g/mol. The van der Waals surface area contributed by atoms with E-state index in [1.54, 1.807) is 36.4 Å². The third kappa shape index (κ3) is 3.88. The van der Waals surface area contributed by atoms with Gasteiger partial charge in [-0.05, 0) is 30.3 Å². The third-order valence-corrected chi connectivity index (χ3v) is 4.26. The Balaban J connectivity index is 1.85. The predicted octanol–water partition coefficient (Wildman–Crippen LogP) is 2.08. The number of hydrogen-bond donors (Lipinski definition) is 2. The maximum atomic E-state index is 12.8. The summed E-state index contributed by atoms with van der Waals surface area (Å²) in [6.07, 6.45) is 0.944. The number of carboxylic acids is 1. The number of amides is 1. The van der Waals surface area contributed by atoms with Crippen LogP contribution in [0.4, 0.5) is 5.82 Å². The molecule has 0 aliphatic carbocycles. The standard InChI is InChI=1S/C19H19N3O6/c1-26-14-7-6-12(9-15(14)27-2)13-10-19(28-22-13,11-17(23)24)18(25)21-16-5-3-4-8-20-16/h3-9H,10-11H2,1-2H3,(H,23,24)(H,20,21,25). The van der Waals surface area contributed by atoms with Gasteiger partial charge in [0.2, 0.25) is 5.60 Å². The van der Waals surface area contributed by atoms with Gasteiger partial charge >= 0.3 is 5.97 Å². The van der Waals surface area contributed by atoms with Crippen molar-refractivity contribution >= 4 is 23.4 Å². The van der Waals surface area contributed by atoms with Crippen LogP contribution in [0.25, 0.3) is 0 Å². The molecule has 0 bridgehead atoms. The molecule has 1 aromatic heterocycles. The van der Waals surface area contributed by atoms with Gasteiger partial charge in [0, 0.05) is 18.2 Å². The number of pyridine rings is 1. The van der Waals surface area contributed by atoms with E-state index in [4.69, 9.17) is 14.3 Å². The first kappa shape index (κ1) is 19.2. The summed E-state index contributed by atoms with van der Waals surface area (Å²) in [5.41, 5.74) is -0.611. The molecule has 9 nitrogen and oxygen atoms in total. The quantitative estimate of drug-likeness (QED) is 0.749. The fraction of sp³-hybridized carbons (Fsp3) is 0.263. The fourth-order valence-corrected chi connectivity index (χ4v) is 2.86. The van der Waals surface area contributed by atoms with Gasteiger partial charge in [-0.2, -0.15) is 0 Å². The Morgan fingerprint density at radius 1 is 1.21 bits per heavy atom. The smallest absolute Gasteiger partial charge is 0.308 e. The van der Waals surface area contributed by atoms with Crippen LogP contribution in [0.15, 0.2) is 47.8 Å². The van der Waals surface area contributed by atoms with Crippen molar-refractivity contribution in [3.8, 4) is 11.5 Å². The Kier molecular flexibility index (Phi) is 5.44. The summed E-state index contributed by atoms with van der Waals surface area (Å²) in [5, 5.41) is 15.9. The van der Waals surface area contributed by atoms with E-state index < -0.39 is 23.9 Å². The van der Waals surface area contributed by atoms with Gasteiger partial charge < -0.3 is 24.7 Å². The SMILES string of the molecule is COc1ccc(C2=NOC(CC(=O)O)(C(=O)Nc3ccccn3)C2)cc1OC. The number of carbonyl (C=O) groups is 2. The fourth-order valence-electron chi connectivity index (χ4n) is 2.86. The maximum Gasteiger partial charge on any atom is 0.308 e. The van der Waals surface area contributed by atoms with Crippen LogP contribution in [0.1, 0.15) is 18.4 Å². The van der Waals surface area contributed by atoms with Crippen LogP contribution < -0.4 is 14.8 Å². The first-order chi connectivity index (χ1) is 13.5. The molecule has 1 unspecified atom stereocenters. The van der Waals surface area contributed by atoms with Crippen molar-refractivity contribution in [2.45, 2.75) is 18.4 Å². The molecule has 0 saturated heterocycles. The molecule has 0 spiro atoms. The van der Waals surface area contributed by atoms with E-state index in [1.807, 2.05) is 0 Å². The molecule has 1 atom stereocenters. The highest BCUT2D eigenvalue weighted by atomic mass is 16.7. The Bertz CT molecular complexity index is 915. The van der Waals surface area contributed by atoms with Crippen molar-refractivity contribution in [3.63, 3.8) is 0 Å². The lowest BCUT2D eigenvalue weighted by Crippen LogP contribution is -2.45. The summed E-state index contributed by atoms with van der Waals surface area (Å²) >= 11 is 0. The molecule has 0 fully saturated rings. The number of benzene rings is 1. The number of oxime groups is 1. The largest absolute Gasteiger partial charge is 0.493 e. The number of carboxylic acid groups (broad SMARTS) is 1. The summed E-state index contributed by atoms with van der Waals surface area (Å²) in [7, 11) is 3.02. The first-order valence-corrected chi connectivity index (χ1v) is 8.39. The number of aromatic nitrogens is 1. The van der Waals surface area contributed by atoms with Gasteiger partial charge in [-0.15, -0.1) is 0 Å². The number of anilines is 1. The lowest BCUT2D eigenvalue weighted by Gasteiger charge is -2.23. The average Bonchev–Trinajstić information content (AvgIpc) is 3.13. The van der Waals surface area contributed by atoms with Crippen LogP contribution in [0, 0.1) is 0 Å². The number of nitrogens with one attached hydrogen (secondary N) is 1. The van der Waals surface area contributed by atoms with E-state index in [2.05, 4.69) is 15.5 Å². The second-order valence-electron chi connectivity index (χ2n) is 6.11. The molecule has 2 heterocycles. The lowest BCUT2D eigenvalue weighted by atomic mass is 9.90. The molecule has 28 heavy (non-hydrogen) atoms. The number of ether oxygens (including phenoxy) is 2. The normalized spacial score (nSPS) is 18.0. The second kappa shape index (κ2) is 7.95. The van der Waals surface area contributed by atoms with Crippen LogP contribution in [-0.2, 0) is 14.4 Å². The molecule has 0 saturated carbocycles. The van der Waals surface area contributed by atoms with Crippen LogP contribution in [0.5, 0.6) is 11.5 Å². The van der Waals surface area contributed by atoms with Crippen molar-refractivity contribution in [3.05, 3.63) is 48.2 Å². The van der Waals surface area contributed by atoms with E-state index in [0.29, 0.717) is 28.6 Å². The number of hydrogen-bond acceptors (Lipinski definition) is 7. The van der Waals surface area contributed by atoms with E-state index in [0.717, 1.165) is 0 Å². The van der Waals surface area contributed by atoms with Crippen LogP contribution in [-0.4, -0.2) is 47.5 Å². The van der Waals surface area contributed by atoms with Gasteiger partial charge in [-0.1, -0.05) is 11.2 Å². The lowest BCUT2D eigenvalue weighted by molar-refractivity contribution is -0.152. The minimum absolute atomic E-state index is 0.0204. The zero-order valence-corrected chi connectivity index (χ0v) is 15.3. The van der Waals surface area contributed by atoms with Crippen molar-refractivity contribution in [1.29, 1.82) is 0 Å². The summed E-state index contributed by atoms with van der Waals surface area (Å²) in [5.74, 6) is -0.500. The molecule has 1 amide bonds. The predicted molar refractivity (Wildman–Crippen MR) is 99.6 cm³/mol. The highest BCUT2D eigenvalue weighted by Crippen LogP contribution is 2.34. The van der Waals surface area contributed by atoms with E-state index >= 15 is 0 Å². The minimum Gasteiger partial charge on any atom is -0.493 e. The van der Waals surface area contributed by atoms with Crippen LogP contribution >= 0.6 is 0 Å². The second-order valence-corrected chi connectivity index (χ2v) is 6.11. The van der Waals surface area contributed by atoms with Gasteiger partial charge in [0.05, 0.1) is 26.4 Å². The van der Waals surface area contributed by atoms with Gasteiger partial charge in [-0.3, -0.25) is 9.59 Å². The molecule has 1 aliphatic heterocycles. The molecular weight excluding hydrogens is 366 g/mol. The zero-order valence-electron chi connectivity index (χ0n) is 15.3. The number of rotatable bonds is 7. The Morgan fingerprint density at radius 2 is 2.00 bits per heavy atom. The molecule has 0 radical (unpaired) electrons. The summed E-state index contributed by atoms with van der Waals surface area (Å²) in [6.45, 7) is 0.